The molecule has 1 heterocycles. The Kier molecular flexibility index (Phi) is 4.68. The molecule has 3 rings (SSSR count). The Bertz CT molecular complexity index is 957. The quantitative estimate of drug-likeness (QED) is 0.666. The third kappa shape index (κ3) is 2.97. The first-order chi connectivity index (χ1) is 12.4. The minimum Gasteiger partial charge on any atom is -0.298 e. The van der Waals surface area contributed by atoms with Crippen molar-refractivity contribution in [1.82, 2.24) is 4.98 Å². The van der Waals surface area contributed by atoms with Crippen LogP contribution in [0, 0.1) is 24.7 Å². The summed E-state index contributed by atoms with van der Waals surface area (Å²) in [4.78, 5) is 44.3. The van der Waals surface area contributed by atoms with Crippen LogP contribution in [0.15, 0.2) is 18.2 Å². The maximum atomic E-state index is 13.1. The number of aromatic nitrogens is 1. The first-order valence-electron chi connectivity index (χ1n) is 8.76. The van der Waals surface area contributed by atoms with Gasteiger partial charge in [-0.05, 0) is 59.2 Å². The van der Waals surface area contributed by atoms with Crippen LogP contribution < -0.4 is 0 Å². The third-order valence-electron chi connectivity index (χ3n) is 5.40. The summed E-state index contributed by atoms with van der Waals surface area (Å²) in [6.07, 6.45) is 0. The lowest BCUT2D eigenvalue weighted by Crippen LogP contribution is -2.56. The molecule has 0 bridgehead atoms. The molecule has 0 unspecified atom stereocenters. The molecular weight excluding hydrogens is 382 g/mol. The molecule has 1 saturated carbocycles. The van der Waals surface area contributed by atoms with E-state index in [9.17, 15) is 14.4 Å². The lowest BCUT2D eigenvalue weighted by Gasteiger charge is -2.40. The number of benzene rings is 1. The minimum absolute atomic E-state index is 0.331. The number of aryl methyl sites for hydroxylation is 2. The number of ketones is 3. The van der Waals surface area contributed by atoms with E-state index in [-0.39, 0.29) is 17.3 Å². The average Bonchev–Trinajstić information content (AvgIpc) is 2.97. The molecule has 142 valence electrons. The molecule has 6 heteroatoms. The maximum absolute atomic E-state index is 13.1. The number of carbonyl (C=O) groups is 3. The Labute approximate surface area is 168 Å². The van der Waals surface area contributed by atoms with Crippen molar-refractivity contribution in [3.8, 4) is 10.6 Å². The van der Waals surface area contributed by atoms with Crippen molar-refractivity contribution in [3.05, 3.63) is 39.4 Å². The smallest absolute Gasteiger partial charge is 0.162 e. The molecule has 0 spiro atoms. The van der Waals surface area contributed by atoms with Crippen LogP contribution in [0.5, 0.6) is 0 Å². The summed E-state index contributed by atoms with van der Waals surface area (Å²) in [6, 6.07) is 5.62. The molecule has 1 aliphatic carbocycles. The van der Waals surface area contributed by atoms with Crippen LogP contribution in [0.2, 0.25) is 5.02 Å². The molecule has 0 radical (unpaired) electrons. The highest BCUT2D eigenvalue weighted by atomic mass is 35.5. The van der Waals surface area contributed by atoms with Crippen molar-refractivity contribution in [2.24, 2.45) is 10.8 Å². The van der Waals surface area contributed by atoms with Gasteiger partial charge >= 0.3 is 0 Å². The van der Waals surface area contributed by atoms with E-state index >= 15 is 0 Å². The Morgan fingerprint density at radius 2 is 1.56 bits per heavy atom. The average molecular weight is 404 g/mol. The first kappa shape index (κ1) is 19.9. The fourth-order valence-electron chi connectivity index (χ4n) is 3.67. The monoisotopic (exact) mass is 403 g/mol. The molecule has 1 aromatic carbocycles. The van der Waals surface area contributed by atoms with Crippen LogP contribution >= 0.6 is 22.9 Å². The van der Waals surface area contributed by atoms with Crippen molar-refractivity contribution < 1.29 is 14.4 Å². The van der Waals surface area contributed by atoms with E-state index in [4.69, 9.17) is 11.6 Å². The zero-order valence-corrected chi connectivity index (χ0v) is 17.8. The van der Waals surface area contributed by atoms with E-state index in [0.29, 0.717) is 10.7 Å². The second kappa shape index (κ2) is 6.35. The van der Waals surface area contributed by atoms with Gasteiger partial charge in [-0.1, -0.05) is 17.7 Å². The number of hydrogen-bond donors (Lipinski definition) is 0. The molecular formula is C21H22ClNO3S. The normalized spacial score (nSPS) is 19.6. The number of nitrogens with zero attached hydrogens (tertiary/aromatic N) is 1. The van der Waals surface area contributed by atoms with E-state index in [1.807, 2.05) is 32.0 Å². The van der Waals surface area contributed by atoms with Crippen LogP contribution in [0.1, 0.15) is 49.7 Å². The topological polar surface area (TPSA) is 64.1 Å². The molecule has 0 amide bonds. The zero-order chi connectivity index (χ0) is 20.3. The molecule has 1 aliphatic rings. The fourth-order valence-corrected chi connectivity index (χ4v) is 4.74. The summed E-state index contributed by atoms with van der Waals surface area (Å²) >= 11 is 7.54. The second-order valence-electron chi connectivity index (χ2n) is 8.17. The minimum atomic E-state index is -1.21. The highest BCUT2D eigenvalue weighted by Crippen LogP contribution is 2.46. The lowest BCUT2D eigenvalue weighted by atomic mass is 9.58. The fraction of sp³-hybridized carbons (Fsp3) is 0.429. The largest absolute Gasteiger partial charge is 0.298 e. The summed E-state index contributed by atoms with van der Waals surface area (Å²) in [5.74, 6) is -2.08. The molecule has 27 heavy (non-hydrogen) atoms. The number of carbonyl (C=O) groups excluding carboxylic acids is 3. The Morgan fingerprint density at radius 1 is 1.00 bits per heavy atom. The van der Waals surface area contributed by atoms with Gasteiger partial charge in [0.05, 0.1) is 16.5 Å². The highest BCUT2D eigenvalue weighted by molar-refractivity contribution is 7.15. The van der Waals surface area contributed by atoms with Gasteiger partial charge in [0.1, 0.15) is 10.9 Å². The summed E-state index contributed by atoms with van der Waals surface area (Å²) in [5.41, 5.74) is -0.140. The van der Waals surface area contributed by atoms with Gasteiger partial charge in [0.2, 0.25) is 0 Å². The number of rotatable bonds is 2. The molecule has 2 aromatic rings. The van der Waals surface area contributed by atoms with Crippen molar-refractivity contribution in [1.29, 1.82) is 0 Å². The van der Waals surface area contributed by atoms with Crippen molar-refractivity contribution in [3.63, 3.8) is 0 Å². The van der Waals surface area contributed by atoms with Gasteiger partial charge in [0, 0.05) is 15.5 Å². The van der Waals surface area contributed by atoms with Crippen molar-refractivity contribution >= 4 is 40.3 Å². The van der Waals surface area contributed by atoms with Gasteiger partial charge in [-0.3, -0.25) is 14.4 Å². The summed E-state index contributed by atoms with van der Waals surface area (Å²) in [7, 11) is 0. The van der Waals surface area contributed by atoms with E-state index in [2.05, 4.69) is 4.98 Å². The number of hydrogen-bond acceptors (Lipinski definition) is 5. The van der Waals surface area contributed by atoms with E-state index in [0.717, 1.165) is 21.0 Å². The van der Waals surface area contributed by atoms with Gasteiger partial charge in [-0.15, -0.1) is 11.3 Å². The summed E-state index contributed by atoms with van der Waals surface area (Å²) < 4.78 is 0. The number of thiazole rings is 1. The van der Waals surface area contributed by atoms with Crippen LogP contribution in [0.3, 0.4) is 0 Å². The molecule has 0 atom stereocenters. The zero-order valence-electron chi connectivity index (χ0n) is 16.3. The van der Waals surface area contributed by atoms with Gasteiger partial charge < -0.3 is 0 Å². The predicted molar refractivity (Wildman–Crippen MR) is 107 cm³/mol. The SMILES string of the molecule is Cc1cc(-c2nc(C3C(=O)C(C)(C)C(=O)C(C)(C)C3=O)c(C)s2)ccc1Cl. The van der Waals surface area contributed by atoms with Crippen LogP contribution in [-0.2, 0) is 14.4 Å². The van der Waals surface area contributed by atoms with Crippen molar-refractivity contribution in [2.45, 2.75) is 47.5 Å². The first-order valence-corrected chi connectivity index (χ1v) is 9.96. The Hall–Kier alpha value is -1.85. The predicted octanol–water partition coefficient (Wildman–Crippen LogP) is 4.94. The van der Waals surface area contributed by atoms with Crippen LogP contribution in [-0.4, -0.2) is 22.3 Å². The molecule has 1 fully saturated rings. The Morgan fingerprint density at radius 3 is 2.07 bits per heavy atom. The molecule has 0 aliphatic heterocycles. The number of halogens is 1. The molecule has 0 N–H and O–H groups in total. The van der Waals surface area contributed by atoms with E-state index < -0.39 is 16.7 Å². The standard InChI is InChI=1S/C21H22ClNO3S/c1-10-9-12(7-8-13(10)22)18-23-15(11(2)27-18)14-16(24)20(3,4)19(26)21(5,6)17(14)25/h7-9,14H,1-6H3. The summed E-state index contributed by atoms with van der Waals surface area (Å²) in [5, 5.41) is 1.40. The van der Waals surface area contributed by atoms with Crippen LogP contribution in [0.4, 0.5) is 0 Å². The second-order valence-corrected chi connectivity index (χ2v) is 9.78. The maximum Gasteiger partial charge on any atom is 0.162 e. The van der Waals surface area contributed by atoms with Crippen LogP contribution in [0.25, 0.3) is 10.6 Å². The van der Waals surface area contributed by atoms with Gasteiger partial charge in [-0.2, -0.15) is 0 Å². The molecule has 1 aromatic heterocycles. The lowest BCUT2D eigenvalue weighted by molar-refractivity contribution is -0.157. The number of Topliss-reactive ketones (excluding diaryl/α,β-unsaturated/α-hetero) is 3. The van der Waals surface area contributed by atoms with Crippen molar-refractivity contribution in [2.75, 3.05) is 0 Å². The third-order valence-corrected chi connectivity index (χ3v) is 6.86. The van der Waals surface area contributed by atoms with Gasteiger partial charge in [-0.25, -0.2) is 4.98 Å². The molecule has 0 saturated heterocycles. The summed E-state index contributed by atoms with van der Waals surface area (Å²) in [6.45, 7) is 10.2. The van der Waals surface area contributed by atoms with E-state index in [1.54, 1.807) is 27.7 Å². The molecule has 4 nitrogen and oxygen atoms in total. The van der Waals surface area contributed by atoms with Gasteiger partial charge in [0.15, 0.2) is 17.3 Å². The Balaban J connectivity index is 2.12. The van der Waals surface area contributed by atoms with E-state index in [1.165, 1.54) is 11.3 Å². The van der Waals surface area contributed by atoms with Gasteiger partial charge in [0.25, 0.3) is 0 Å². The highest BCUT2D eigenvalue weighted by Gasteiger charge is 2.59.